The van der Waals surface area contributed by atoms with E-state index in [2.05, 4.69) is 10.5 Å². The van der Waals surface area contributed by atoms with Gasteiger partial charge in [-0.15, -0.1) is 0 Å². The summed E-state index contributed by atoms with van der Waals surface area (Å²) in [6.45, 7) is 1.81. The molecule has 0 aliphatic carbocycles. The molecule has 0 bridgehead atoms. The molecule has 7 nitrogen and oxygen atoms in total. The maximum atomic E-state index is 11.7. The van der Waals surface area contributed by atoms with E-state index >= 15 is 0 Å². The standard InChI is InChI=1S/C15H18N2O5/c1-10-7-14(17-22-10)15(19)16-8-11(18)9-21-13-5-3-12(20-2)4-6-13/h3-7,11,18H,8-9H2,1-2H3,(H,16,19). The van der Waals surface area contributed by atoms with Crippen molar-refractivity contribution in [1.29, 1.82) is 0 Å². The zero-order valence-corrected chi connectivity index (χ0v) is 12.4. The van der Waals surface area contributed by atoms with Gasteiger partial charge in [0.15, 0.2) is 5.69 Å². The second kappa shape index (κ2) is 7.46. The topological polar surface area (TPSA) is 93.8 Å². The number of carbonyl (C=O) groups is 1. The lowest BCUT2D eigenvalue weighted by Gasteiger charge is -2.13. The molecule has 0 saturated carbocycles. The molecule has 0 aliphatic heterocycles. The van der Waals surface area contributed by atoms with Crippen LogP contribution in [0.1, 0.15) is 16.2 Å². The van der Waals surface area contributed by atoms with E-state index in [1.807, 2.05) is 0 Å². The number of nitrogens with one attached hydrogen (secondary N) is 1. The Morgan fingerprint density at radius 1 is 1.36 bits per heavy atom. The van der Waals surface area contributed by atoms with Crippen LogP contribution >= 0.6 is 0 Å². The SMILES string of the molecule is COc1ccc(OCC(O)CNC(=O)c2cc(C)on2)cc1. The Labute approximate surface area is 127 Å². The van der Waals surface area contributed by atoms with Gasteiger partial charge < -0.3 is 24.4 Å². The number of rotatable bonds is 7. The predicted octanol–water partition coefficient (Wildman–Crippen LogP) is 1.16. The average Bonchev–Trinajstić information content (AvgIpc) is 2.97. The summed E-state index contributed by atoms with van der Waals surface area (Å²) in [7, 11) is 1.58. The Morgan fingerprint density at radius 3 is 2.64 bits per heavy atom. The van der Waals surface area contributed by atoms with Crippen molar-refractivity contribution in [2.24, 2.45) is 0 Å². The lowest BCUT2D eigenvalue weighted by molar-refractivity contribution is 0.0836. The highest BCUT2D eigenvalue weighted by atomic mass is 16.5. The first-order valence-electron chi connectivity index (χ1n) is 6.75. The van der Waals surface area contributed by atoms with Crippen LogP contribution in [0, 0.1) is 6.92 Å². The fourth-order valence-corrected chi connectivity index (χ4v) is 1.70. The number of hydrogen-bond acceptors (Lipinski definition) is 6. The summed E-state index contributed by atoms with van der Waals surface area (Å²) >= 11 is 0. The van der Waals surface area contributed by atoms with Crippen molar-refractivity contribution >= 4 is 5.91 Å². The van der Waals surface area contributed by atoms with Crippen molar-refractivity contribution in [3.8, 4) is 11.5 Å². The number of ether oxygens (including phenoxy) is 2. The third-order valence-corrected chi connectivity index (χ3v) is 2.86. The van der Waals surface area contributed by atoms with Gasteiger partial charge >= 0.3 is 0 Å². The Hall–Kier alpha value is -2.54. The van der Waals surface area contributed by atoms with Crippen molar-refractivity contribution in [3.63, 3.8) is 0 Å². The Kier molecular flexibility index (Phi) is 5.37. The van der Waals surface area contributed by atoms with Gasteiger partial charge in [0.1, 0.15) is 30.0 Å². The van der Waals surface area contributed by atoms with Gasteiger partial charge in [-0.2, -0.15) is 0 Å². The van der Waals surface area contributed by atoms with E-state index in [1.165, 1.54) is 6.07 Å². The minimum atomic E-state index is -0.834. The van der Waals surface area contributed by atoms with Gasteiger partial charge in [-0.05, 0) is 31.2 Å². The summed E-state index contributed by atoms with van der Waals surface area (Å²) < 4.78 is 15.3. The van der Waals surface area contributed by atoms with E-state index in [-0.39, 0.29) is 18.8 Å². The van der Waals surface area contributed by atoms with Crippen LogP contribution in [0.15, 0.2) is 34.9 Å². The van der Waals surface area contributed by atoms with Crippen molar-refractivity contribution in [2.45, 2.75) is 13.0 Å². The normalized spacial score (nSPS) is 11.8. The van der Waals surface area contributed by atoms with E-state index < -0.39 is 12.0 Å². The third kappa shape index (κ3) is 4.49. The van der Waals surface area contributed by atoms with Gasteiger partial charge in [0.25, 0.3) is 5.91 Å². The zero-order valence-electron chi connectivity index (χ0n) is 12.4. The summed E-state index contributed by atoms with van der Waals surface area (Å²) in [5.41, 5.74) is 0.181. The Bertz CT molecular complexity index is 609. The van der Waals surface area contributed by atoms with Crippen molar-refractivity contribution in [3.05, 3.63) is 41.8 Å². The molecular weight excluding hydrogens is 288 g/mol. The van der Waals surface area contributed by atoms with Crippen LogP contribution in [0.2, 0.25) is 0 Å². The van der Waals surface area contributed by atoms with Gasteiger partial charge in [0.2, 0.25) is 0 Å². The molecule has 2 aromatic rings. The molecule has 0 saturated heterocycles. The minimum Gasteiger partial charge on any atom is -0.497 e. The molecule has 118 valence electrons. The largest absolute Gasteiger partial charge is 0.497 e. The van der Waals surface area contributed by atoms with Gasteiger partial charge in [0, 0.05) is 12.6 Å². The first kappa shape index (κ1) is 15.8. The summed E-state index contributed by atoms with van der Waals surface area (Å²) in [6.07, 6.45) is -0.834. The van der Waals surface area contributed by atoms with Crippen molar-refractivity contribution in [2.75, 3.05) is 20.3 Å². The molecule has 22 heavy (non-hydrogen) atoms. The third-order valence-electron chi connectivity index (χ3n) is 2.86. The van der Waals surface area contributed by atoms with Gasteiger partial charge in [0.05, 0.1) is 7.11 Å². The van der Waals surface area contributed by atoms with Crippen LogP contribution in [0.25, 0.3) is 0 Å². The zero-order chi connectivity index (χ0) is 15.9. The first-order valence-corrected chi connectivity index (χ1v) is 6.75. The quantitative estimate of drug-likeness (QED) is 0.797. The molecule has 1 heterocycles. The number of aromatic nitrogens is 1. The number of methoxy groups -OCH3 is 1. The highest BCUT2D eigenvalue weighted by Gasteiger charge is 2.13. The van der Waals surface area contributed by atoms with E-state index in [4.69, 9.17) is 14.0 Å². The summed E-state index contributed by atoms with van der Waals surface area (Å²) in [4.78, 5) is 11.7. The lowest BCUT2D eigenvalue weighted by atomic mass is 10.3. The van der Waals surface area contributed by atoms with Crippen LogP contribution in [0.3, 0.4) is 0 Å². The molecule has 1 unspecified atom stereocenters. The highest BCUT2D eigenvalue weighted by molar-refractivity contribution is 5.92. The van der Waals surface area contributed by atoms with E-state index in [9.17, 15) is 9.90 Å². The van der Waals surface area contributed by atoms with Crippen LogP contribution in [0.4, 0.5) is 0 Å². The number of amides is 1. The summed E-state index contributed by atoms with van der Waals surface area (Å²) in [6, 6.07) is 8.52. The number of benzene rings is 1. The molecule has 0 radical (unpaired) electrons. The highest BCUT2D eigenvalue weighted by Crippen LogP contribution is 2.17. The van der Waals surface area contributed by atoms with E-state index in [1.54, 1.807) is 38.3 Å². The Morgan fingerprint density at radius 2 is 2.05 bits per heavy atom. The van der Waals surface area contributed by atoms with Crippen LogP contribution in [-0.2, 0) is 0 Å². The number of aryl methyl sites for hydroxylation is 1. The molecule has 7 heteroatoms. The lowest BCUT2D eigenvalue weighted by Crippen LogP contribution is -2.35. The molecule has 0 fully saturated rings. The fourth-order valence-electron chi connectivity index (χ4n) is 1.70. The number of hydrogen-bond donors (Lipinski definition) is 2. The van der Waals surface area contributed by atoms with Gasteiger partial charge in [-0.3, -0.25) is 4.79 Å². The summed E-state index contributed by atoms with van der Waals surface area (Å²) in [5, 5.41) is 16.0. The monoisotopic (exact) mass is 306 g/mol. The molecule has 1 amide bonds. The maximum Gasteiger partial charge on any atom is 0.273 e. The van der Waals surface area contributed by atoms with E-state index in [0.29, 0.717) is 11.5 Å². The minimum absolute atomic E-state index is 0.0564. The smallest absolute Gasteiger partial charge is 0.273 e. The first-order chi connectivity index (χ1) is 10.6. The number of carbonyl (C=O) groups excluding carboxylic acids is 1. The Balaban J connectivity index is 1.73. The van der Waals surface area contributed by atoms with E-state index in [0.717, 1.165) is 5.75 Å². The van der Waals surface area contributed by atoms with Crippen LogP contribution in [0.5, 0.6) is 11.5 Å². The molecule has 2 N–H and O–H groups in total. The number of aliphatic hydroxyl groups excluding tert-OH is 1. The van der Waals surface area contributed by atoms with Crippen LogP contribution in [-0.4, -0.2) is 42.5 Å². The predicted molar refractivity (Wildman–Crippen MR) is 78.1 cm³/mol. The fraction of sp³-hybridized carbons (Fsp3) is 0.333. The molecular formula is C15H18N2O5. The van der Waals surface area contributed by atoms with Gasteiger partial charge in [-0.25, -0.2) is 0 Å². The average molecular weight is 306 g/mol. The molecule has 1 aromatic heterocycles. The van der Waals surface area contributed by atoms with Crippen LogP contribution < -0.4 is 14.8 Å². The molecule has 2 rings (SSSR count). The maximum absolute atomic E-state index is 11.7. The second-order valence-electron chi connectivity index (χ2n) is 4.67. The molecule has 0 aliphatic rings. The second-order valence-corrected chi connectivity index (χ2v) is 4.67. The van der Waals surface area contributed by atoms with Gasteiger partial charge in [-0.1, -0.05) is 5.16 Å². The molecule has 0 spiro atoms. The van der Waals surface area contributed by atoms with Crippen molar-refractivity contribution in [1.82, 2.24) is 10.5 Å². The number of aliphatic hydroxyl groups is 1. The number of nitrogens with zero attached hydrogens (tertiary/aromatic N) is 1. The molecule has 1 aromatic carbocycles. The molecule has 1 atom stereocenters. The van der Waals surface area contributed by atoms with Crippen molar-refractivity contribution < 1.29 is 23.9 Å². The summed E-state index contributed by atoms with van der Waals surface area (Å²) in [5.74, 6) is 1.48.